The summed E-state index contributed by atoms with van der Waals surface area (Å²) in [6.07, 6.45) is 0. The second kappa shape index (κ2) is 2.14. The molecule has 0 radical (unpaired) electrons. The minimum atomic E-state index is -3.75. The monoisotopic (exact) mass is 116 g/mol. The summed E-state index contributed by atoms with van der Waals surface area (Å²) < 4.78 is 43.8. The fourth-order valence-corrected chi connectivity index (χ4v) is 0.0357. The molecule has 0 atom stereocenters. The smallest absolute Gasteiger partial charge is 0.244 e. The predicted molar refractivity (Wildman–Crippen MR) is 16.9 cm³/mol. The normalized spacial score (nSPS) is 12.0. The van der Waals surface area contributed by atoms with Crippen LogP contribution in [-0.2, 0) is 0 Å². The molecule has 0 bridgehead atoms. The van der Waals surface area contributed by atoms with Gasteiger partial charge in [0.15, 0.2) is 13.3 Å². The van der Waals surface area contributed by atoms with Gasteiger partial charge in [0.25, 0.3) is 0 Å². The van der Waals surface area contributed by atoms with E-state index in [4.69, 9.17) is 0 Å². The van der Waals surface area contributed by atoms with Gasteiger partial charge in [0.1, 0.15) is 0 Å². The van der Waals surface area contributed by atoms with Crippen molar-refractivity contribution < 1.29 is 17.6 Å². The molecule has 0 rings (SSSR count). The lowest BCUT2D eigenvalue weighted by molar-refractivity contribution is -0.0423. The van der Waals surface area contributed by atoms with Gasteiger partial charge in [-0.2, -0.15) is 0 Å². The van der Waals surface area contributed by atoms with E-state index in [1.54, 1.807) is 0 Å². The first-order valence-corrected chi connectivity index (χ1v) is 1.62. The van der Waals surface area contributed by atoms with Gasteiger partial charge in [0.2, 0.25) is 0 Å². The molecule has 0 aliphatic rings. The maximum absolute atomic E-state index is 11.1. The van der Waals surface area contributed by atoms with Crippen LogP contribution in [0.2, 0.25) is 0 Å². The lowest BCUT2D eigenvalue weighted by atomic mass is 10.4. The summed E-state index contributed by atoms with van der Waals surface area (Å²) in [6, 6.07) is 0. The van der Waals surface area contributed by atoms with E-state index >= 15 is 0 Å². The van der Waals surface area contributed by atoms with Crippen LogP contribution in [0.3, 0.4) is 0 Å². The van der Waals surface area contributed by atoms with Crippen molar-refractivity contribution in [1.29, 1.82) is 0 Å². The second-order valence-corrected chi connectivity index (χ2v) is 1.12. The highest BCUT2D eigenvalue weighted by Gasteiger charge is 2.28. The molecule has 0 heterocycles. The molecule has 0 nitrogen and oxygen atoms in total. The molecule has 0 amide bonds. The van der Waals surface area contributed by atoms with E-state index < -0.39 is 19.3 Å². The van der Waals surface area contributed by atoms with Crippen molar-refractivity contribution in [3.05, 3.63) is 0 Å². The van der Waals surface area contributed by atoms with Gasteiger partial charge >= 0.3 is 5.92 Å². The zero-order valence-corrected chi connectivity index (χ0v) is 3.43. The van der Waals surface area contributed by atoms with E-state index in [1.807, 2.05) is 0 Å². The first-order chi connectivity index (χ1) is 3.12. The summed E-state index contributed by atoms with van der Waals surface area (Å²) in [4.78, 5) is 0. The van der Waals surface area contributed by atoms with Gasteiger partial charge in [0, 0.05) is 0 Å². The molecule has 0 saturated heterocycles. The van der Waals surface area contributed by atoms with Crippen molar-refractivity contribution in [3.63, 3.8) is 0 Å². The van der Waals surface area contributed by atoms with Crippen LogP contribution in [0.4, 0.5) is 17.6 Å². The highest BCUT2D eigenvalue weighted by Crippen LogP contribution is 2.12. The summed E-state index contributed by atoms with van der Waals surface area (Å²) in [5.41, 5.74) is 0. The van der Waals surface area contributed by atoms with Gasteiger partial charge < -0.3 is 0 Å². The third-order valence-electron chi connectivity index (χ3n) is 0.391. The molecule has 0 aromatic rings. The van der Waals surface area contributed by atoms with E-state index in [2.05, 4.69) is 0 Å². The third kappa shape index (κ3) is 2.42. The molecule has 0 fully saturated rings. The number of rotatable bonds is 2. The number of alkyl halides is 4. The number of hydrogen-bond donors (Lipinski definition) is 0. The van der Waals surface area contributed by atoms with Crippen LogP contribution in [0.25, 0.3) is 0 Å². The fourth-order valence-electron chi connectivity index (χ4n) is 0.0357. The van der Waals surface area contributed by atoms with Gasteiger partial charge in [-0.3, -0.25) is 0 Å². The Morgan fingerprint density at radius 3 is 1.29 bits per heavy atom. The third-order valence-corrected chi connectivity index (χ3v) is 0.391. The van der Waals surface area contributed by atoms with Gasteiger partial charge in [-0.05, 0) is 0 Å². The van der Waals surface area contributed by atoms with Crippen molar-refractivity contribution >= 4 is 0 Å². The molecule has 0 aliphatic carbocycles. The van der Waals surface area contributed by atoms with Crippen molar-refractivity contribution in [3.8, 4) is 0 Å². The van der Waals surface area contributed by atoms with Crippen molar-refractivity contribution in [1.82, 2.24) is 0 Å². The van der Waals surface area contributed by atoms with Crippen LogP contribution >= 0.6 is 0 Å². The Balaban J connectivity index is 3.36. The Morgan fingerprint density at radius 2 is 1.29 bits per heavy atom. The Morgan fingerprint density at radius 1 is 1.00 bits per heavy atom. The number of hydrogen-bond acceptors (Lipinski definition) is 0. The molecule has 0 aromatic carbocycles. The molecule has 0 aromatic heterocycles. The van der Waals surface area contributed by atoms with E-state index in [-0.39, 0.29) is 0 Å². The lowest BCUT2D eigenvalue weighted by Gasteiger charge is -2.03. The SMILES string of the molecule is FCC(F)(F)CF. The Kier molecular flexibility index (Phi) is 2.05. The molecule has 44 valence electrons. The van der Waals surface area contributed by atoms with E-state index in [1.165, 1.54) is 0 Å². The maximum Gasteiger partial charge on any atom is 0.303 e. The minimum Gasteiger partial charge on any atom is -0.244 e. The standard InChI is InChI=1S/C3H4F4/c4-1-3(6,7)2-5/h1-2H2. The zero-order chi connectivity index (χ0) is 5.91. The van der Waals surface area contributed by atoms with E-state index in [0.717, 1.165) is 0 Å². The molecule has 0 saturated carbocycles. The maximum atomic E-state index is 11.1. The van der Waals surface area contributed by atoms with Gasteiger partial charge in [-0.1, -0.05) is 0 Å². The van der Waals surface area contributed by atoms with Crippen molar-refractivity contribution in [2.24, 2.45) is 0 Å². The quantitative estimate of drug-likeness (QED) is 0.480. The molecule has 0 aliphatic heterocycles. The zero-order valence-electron chi connectivity index (χ0n) is 3.43. The van der Waals surface area contributed by atoms with Crippen molar-refractivity contribution in [2.45, 2.75) is 5.92 Å². The minimum absolute atomic E-state index is 1.91. The first kappa shape index (κ1) is 6.72. The van der Waals surface area contributed by atoms with Crippen LogP contribution in [0.1, 0.15) is 0 Å². The Hall–Kier alpha value is -0.280. The molecule has 4 heteroatoms. The summed E-state index contributed by atoms with van der Waals surface area (Å²) in [5.74, 6) is -3.75. The molecule has 0 N–H and O–H groups in total. The largest absolute Gasteiger partial charge is 0.303 e. The fraction of sp³-hybridized carbons (Fsp3) is 1.00. The molecular formula is C3H4F4. The summed E-state index contributed by atoms with van der Waals surface area (Å²) in [7, 11) is 0. The van der Waals surface area contributed by atoms with Crippen molar-refractivity contribution in [2.75, 3.05) is 13.3 Å². The topological polar surface area (TPSA) is 0 Å². The van der Waals surface area contributed by atoms with E-state index in [9.17, 15) is 17.6 Å². The second-order valence-electron chi connectivity index (χ2n) is 1.12. The van der Waals surface area contributed by atoms with Gasteiger partial charge in [-0.25, -0.2) is 17.6 Å². The van der Waals surface area contributed by atoms with Crippen LogP contribution in [0.15, 0.2) is 0 Å². The van der Waals surface area contributed by atoms with Gasteiger partial charge in [-0.15, -0.1) is 0 Å². The van der Waals surface area contributed by atoms with Crippen LogP contribution < -0.4 is 0 Å². The highest BCUT2D eigenvalue weighted by atomic mass is 19.3. The molecule has 7 heavy (non-hydrogen) atoms. The Labute approximate surface area is 38.1 Å². The van der Waals surface area contributed by atoms with Crippen LogP contribution in [0.5, 0.6) is 0 Å². The van der Waals surface area contributed by atoms with Crippen LogP contribution in [-0.4, -0.2) is 19.3 Å². The summed E-state index contributed by atoms with van der Waals surface area (Å²) >= 11 is 0. The molecule has 0 unspecified atom stereocenters. The van der Waals surface area contributed by atoms with E-state index in [0.29, 0.717) is 0 Å². The average Bonchev–Trinajstić information content (AvgIpc) is 1.68. The molecular weight excluding hydrogens is 112 g/mol. The summed E-state index contributed by atoms with van der Waals surface area (Å²) in [6.45, 7) is -3.83. The van der Waals surface area contributed by atoms with Crippen LogP contribution in [0, 0.1) is 0 Å². The Bertz CT molecular complexity index is 44.9. The highest BCUT2D eigenvalue weighted by molar-refractivity contribution is 4.59. The lowest BCUT2D eigenvalue weighted by Crippen LogP contribution is -2.20. The average molecular weight is 116 g/mol. The van der Waals surface area contributed by atoms with Gasteiger partial charge in [0.05, 0.1) is 0 Å². The number of halogens is 4. The predicted octanol–water partition coefficient (Wildman–Crippen LogP) is 1.56. The summed E-state index contributed by atoms with van der Waals surface area (Å²) in [5, 5.41) is 0. The first-order valence-electron chi connectivity index (χ1n) is 1.62. The molecule has 0 spiro atoms.